The van der Waals surface area contributed by atoms with Gasteiger partial charge >= 0.3 is 5.97 Å². The van der Waals surface area contributed by atoms with E-state index in [-0.39, 0.29) is 6.42 Å². The highest BCUT2D eigenvalue weighted by Crippen LogP contribution is 2.17. The molecule has 2 N–H and O–H groups in total. The van der Waals surface area contributed by atoms with Gasteiger partial charge in [-0.25, -0.2) is 0 Å². The van der Waals surface area contributed by atoms with Crippen molar-refractivity contribution in [2.45, 2.75) is 25.9 Å². The second kappa shape index (κ2) is 11.3. The number of amides is 2. The standard InChI is InChI=1S/C21H24N2O6/c1-15(20(25)22-23-21(26)16-7-4-3-5-8-16)29-19(24)9-6-14-28-18-12-10-17(27-2)11-13-18/h3-5,7-8,10-13,15H,6,9,14H2,1-2H3,(H,22,25)(H,23,26)/t15-/m0/s1. The Bertz CT molecular complexity index is 808. The van der Waals surface area contributed by atoms with Crippen LogP contribution in [0.4, 0.5) is 0 Å². The number of hydrazine groups is 1. The van der Waals surface area contributed by atoms with Gasteiger partial charge in [0.2, 0.25) is 0 Å². The summed E-state index contributed by atoms with van der Waals surface area (Å²) in [5.41, 5.74) is 4.90. The van der Waals surface area contributed by atoms with Gasteiger partial charge in [-0.3, -0.25) is 25.2 Å². The van der Waals surface area contributed by atoms with Crippen molar-refractivity contribution in [3.63, 3.8) is 0 Å². The van der Waals surface area contributed by atoms with Crippen LogP contribution in [0.5, 0.6) is 11.5 Å². The zero-order chi connectivity index (χ0) is 21.1. The van der Waals surface area contributed by atoms with Gasteiger partial charge in [-0.05, 0) is 49.7 Å². The molecule has 0 heterocycles. The molecule has 2 rings (SSSR count). The van der Waals surface area contributed by atoms with Crippen molar-refractivity contribution in [1.82, 2.24) is 10.9 Å². The zero-order valence-electron chi connectivity index (χ0n) is 16.3. The third-order valence-electron chi connectivity index (χ3n) is 3.87. The van der Waals surface area contributed by atoms with Crippen LogP contribution in [0.3, 0.4) is 0 Å². The second-order valence-corrected chi connectivity index (χ2v) is 6.07. The van der Waals surface area contributed by atoms with Crippen LogP contribution in [0.1, 0.15) is 30.1 Å². The van der Waals surface area contributed by atoms with E-state index in [1.165, 1.54) is 6.92 Å². The average molecular weight is 400 g/mol. The molecule has 2 aromatic rings. The Morgan fingerprint density at radius 3 is 2.24 bits per heavy atom. The molecule has 29 heavy (non-hydrogen) atoms. The first kappa shape index (κ1) is 21.7. The third-order valence-corrected chi connectivity index (χ3v) is 3.87. The number of nitrogens with one attached hydrogen (secondary N) is 2. The van der Waals surface area contributed by atoms with E-state index in [0.717, 1.165) is 5.75 Å². The molecule has 0 fully saturated rings. The maximum Gasteiger partial charge on any atom is 0.306 e. The van der Waals surface area contributed by atoms with Gasteiger partial charge in [0.1, 0.15) is 11.5 Å². The molecule has 0 radical (unpaired) electrons. The molecule has 2 amide bonds. The molecule has 0 bridgehead atoms. The van der Waals surface area contributed by atoms with Crippen LogP contribution < -0.4 is 20.3 Å². The van der Waals surface area contributed by atoms with E-state index in [1.807, 2.05) is 0 Å². The van der Waals surface area contributed by atoms with Crippen LogP contribution in [-0.4, -0.2) is 37.6 Å². The first-order valence-corrected chi connectivity index (χ1v) is 9.11. The molecular weight excluding hydrogens is 376 g/mol. The Kier molecular flexibility index (Phi) is 8.50. The average Bonchev–Trinajstić information content (AvgIpc) is 2.75. The number of hydrogen-bond donors (Lipinski definition) is 2. The molecule has 0 aliphatic carbocycles. The summed E-state index contributed by atoms with van der Waals surface area (Å²) in [5, 5.41) is 0. The maximum atomic E-state index is 11.9. The smallest absolute Gasteiger partial charge is 0.306 e. The molecule has 8 heteroatoms. The van der Waals surface area contributed by atoms with Gasteiger partial charge in [0, 0.05) is 12.0 Å². The van der Waals surface area contributed by atoms with Crippen LogP contribution in [0.15, 0.2) is 54.6 Å². The number of ether oxygens (including phenoxy) is 3. The lowest BCUT2D eigenvalue weighted by Crippen LogP contribution is -2.46. The lowest BCUT2D eigenvalue weighted by Gasteiger charge is -2.14. The van der Waals surface area contributed by atoms with E-state index >= 15 is 0 Å². The fraction of sp³-hybridized carbons (Fsp3) is 0.286. The maximum absolute atomic E-state index is 11.9. The summed E-state index contributed by atoms with van der Waals surface area (Å²) in [6, 6.07) is 15.5. The zero-order valence-corrected chi connectivity index (χ0v) is 16.3. The minimum absolute atomic E-state index is 0.101. The Morgan fingerprint density at radius 2 is 1.59 bits per heavy atom. The largest absolute Gasteiger partial charge is 0.497 e. The molecule has 0 saturated carbocycles. The van der Waals surface area contributed by atoms with E-state index in [0.29, 0.717) is 24.3 Å². The Balaban J connectivity index is 1.63. The summed E-state index contributed by atoms with van der Waals surface area (Å²) < 4.78 is 15.6. The van der Waals surface area contributed by atoms with E-state index in [2.05, 4.69) is 10.9 Å². The predicted octanol–water partition coefficient (Wildman–Crippen LogP) is 2.25. The number of hydrogen-bond acceptors (Lipinski definition) is 6. The highest BCUT2D eigenvalue weighted by atomic mass is 16.5. The molecule has 154 valence electrons. The monoisotopic (exact) mass is 400 g/mol. The number of methoxy groups -OCH3 is 1. The summed E-state index contributed by atoms with van der Waals surface area (Å²) in [7, 11) is 1.58. The van der Waals surface area contributed by atoms with Gasteiger partial charge in [0.05, 0.1) is 13.7 Å². The van der Waals surface area contributed by atoms with Crippen LogP contribution in [-0.2, 0) is 14.3 Å². The Hall–Kier alpha value is -3.55. The van der Waals surface area contributed by atoms with Crippen LogP contribution >= 0.6 is 0 Å². The molecule has 1 atom stereocenters. The minimum Gasteiger partial charge on any atom is -0.497 e. The van der Waals surface area contributed by atoms with Crippen LogP contribution in [0.2, 0.25) is 0 Å². The SMILES string of the molecule is COc1ccc(OCCCC(=O)O[C@@H](C)C(=O)NNC(=O)c2ccccc2)cc1. The first-order valence-electron chi connectivity index (χ1n) is 9.11. The molecule has 0 spiro atoms. The van der Waals surface area contributed by atoms with E-state index in [9.17, 15) is 14.4 Å². The van der Waals surface area contributed by atoms with Gasteiger partial charge in [-0.2, -0.15) is 0 Å². The van der Waals surface area contributed by atoms with Gasteiger partial charge in [0.15, 0.2) is 6.10 Å². The summed E-state index contributed by atoms with van der Waals surface area (Å²) in [6.45, 7) is 1.75. The van der Waals surface area contributed by atoms with Crippen molar-refractivity contribution in [3.8, 4) is 11.5 Å². The molecule has 0 aromatic heterocycles. The second-order valence-electron chi connectivity index (χ2n) is 6.07. The number of benzene rings is 2. The van der Waals surface area contributed by atoms with Crippen molar-refractivity contribution in [2.75, 3.05) is 13.7 Å². The van der Waals surface area contributed by atoms with Crippen molar-refractivity contribution in [2.24, 2.45) is 0 Å². The van der Waals surface area contributed by atoms with Crippen molar-refractivity contribution in [3.05, 3.63) is 60.2 Å². The lowest BCUT2D eigenvalue weighted by atomic mass is 10.2. The fourth-order valence-electron chi connectivity index (χ4n) is 2.27. The van der Waals surface area contributed by atoms with E-state index < -0.39 is 23.9 Å². The quantitative estimate of drug-likeness (QED) is 0.380. The van der Waals surface area contributed by atoms with Crippen molar-refractivity contribution < 1.29 is 28.6 Å². The van der Waals surface area contributed by atoms with Crippen molar-refractivity contribution in [1.29, 1.82) is 0 Å². The molecule has 8 nitrogen and oxygen atoms in total. The normalized spacial score (nSPS) is 11.1. The number of esters is 1. The fourth-order valence-corrected chi connectivity index (χ4v) is 2.27. The van der Waals surface area contributed by atoms with Gasteiger partial charge in [-0.1, -0.05) is 18.2 Å². The van der Waals surface area contributed by atoms with Crippen molar-refractivity contribution >= 4 is 17.8 Å². The molecule has 0 unspecified atom stereocenters. The highest BCUT2D eigenvalue weighted by Gasteiger charge is 2.18. The summed E-state index contributed by atoms with van der Waals surface area (Å²) in [5.74, 6) is -0.222. The molecule has 0 aliphatic rings. The topological polar surface area (TPSA) is 103 Å². The molecule has 2 aromatic carbocycles. The molecule has 0 aliphatic heterocycles. The number of carbonyl (C=O) groups excluding carboxylic acids is 3. The Morgan fingerprint density at radius 1 is 0.931 bits per heavy atom. The lowest BCUT2D eigenvalue weighted by molar-refractivity contribution is -0.155. The third kappa shape index (κ3) is 7.53. The first-order chi connectivity index (χ1) is 14.0. The van der Waals surface area contributed by atoms with Gasteiger partial charge in [-0.15, -0.1) is 0 Å². The predicted molar refractivity (Wildman–Crippen MR) is 105 cm³/mol. The Labute approximate surface area is 169 Å². The van der Waals surface area contributed by atoms with Crippen LogP contribution in [0, 0.1) is 0 Å². The number of carbonyl (C=O) groups is 3. The van der Waals surface area contributed by atoms with Gasteiger partial charge < -0.3 is 14.2 Å². The molecular formula is C21H24N2O6. The summed E-state index contributed by atoms with van der Waals surface area (Å²) in [4.78, 5) is 35.7. The summed E-state index contributed by atoms with van der Waals surface area (Å²) in [6.07, 6.45) is -0.505. The highest BCUT2D eigenvalue weighted by molar-refractivity contribution is 5.95. The van der Waals surface area contributed by atoms with Gasteiger partial charge in [0.25, 0.3) is 11.8 Å². The minimum atomic E-state index is -1.04. The van der Waals surface area contributed by atoms with E-state index in [4.69, 9.17) is 14.2 Å². The van der Waals surface area contributed by atoms with Crippen LogP contribution in [0.25, 0.3) is 0 Å². The number of rotatable bonds is 9. The van der Waals surface area contributed by atoms with E-state index in [1.54, 1.807) is 61.7 Å². The molecule has 0 saturated heterocycles. The summed E-state index contributed by atoms with van der Waals surface area (Å²) >= 11 is 0.